The van der Waals surface area contributed by atoms with Gasteiger partial charge < -0.3 is 9.72 Å². The zero-order valence-electron chi connectivity index (χ0n) is 13.7. The SMILES string of the molecule is C[C@]1(c2c[nH]c3cc(F)ccc23)C[C@H](C[N+](=O)[O-])c2ccccc2O1. The maximum absolute atomic E-state index is 13.5. The lowest BCUT2D eigenvalue weighted by molar-refractivity contribution is -0.484. The smallest absolute Gasteiger partial charge is 0.210 e. The molecule has 25 heavy (non-hydrogen) atoms. The maximum Gasteiger partial charge on any atom is 0.210 e. The quantitative estimate of drug-likeness (QED) is 0.569. The topological polar surface area (TPSA) is 68.2 Å². The van der Waals surface area contributed by atoms with E-state index in [1.54, 1.807) is 12.3 Å². The van der Waals surface area contributed by atoms with Crippen LogP contribution in [0.15, 0.2) is 48.7 Å². The van der Waals surface area contributed by atoms with Crippen LogP contribution in [0.3, 0.4) is 0 Å². The van der Waals surface area contributed by atoms with Gasteiger partial charge in [0, 0.05) is 39.6 Å². The molecular weight excluding hydrogens is 323 g/mol. The molecule has 0 fully saturated rings. The van der Waals surface area contributed by atoms with Crippen molar-refractivity contribution in [2.24, 2.45) is 0 Å². The van der Waals surface area contributed by atoms with Crippen LogP contribution in [-0.2, 0) is 5.60 Å². The Morgan fingerprint density at radius 1 is 1.36 bits per heavy atom. The second-order valence-electron chi connectivity index (χ2n) is 6.68. The molecule has 1 aromatic heterocycles. The number of aromatic amines is 1. The lowest BCUT2D eigenvalue weighted by atomic mass is 9.79. The highest BCUT2D eigenvalue weighted by Crippen LogP contribution is 2.47. The number of H-pyrrole nitrogens is 1. The van der Waals surface area contributed by atoms with Crippen LogP contribution in [0.5, 0.6) is 5.75 Å². The molecule has 6 heteroatoms. The number of nitrogens with zero attached hydrogens (tertiary/aromatic N) is 1. The van der Waals surface area contributed by atoms with E-state index >= 15 is 0 Å². The van der Waals surface area contributed by atoms with Crippen LogP contribution in [0.2, 0.25) is 0 Å². The third-order valence-electron chi connectivity index (χ3n) is 4.91. The molecule has 0 amide bonds. The highest BCUT2D eigenvalue weighted by Gasteiger charge is 2.41. The second kappa shape index (κ2) is 5.58. The summed E-state index contributed by atoms with van der Waals surface area (Å²) in [5.74, 6) is 0.113. The van der Waals surface area contributed by atoms with Gasteiger partial charge in [0.15, 0.2) is 0 Å². The molecule has 0 spiro atoms. The van der Waals surface area contributed by atoms with Gasteiger partial charge in [-0.15, -0.1) is 0 Å². The van der Waals surface area contributed by atoms with Crippen LogP contribution in [-0.4, -0.2) is 16.5 Å². The van der Waals surface area contributed by atoms with Crippen LogP contribution >= 0.6 is 0 Å². The Morgan fingerprint density at radius 3 is 2.96 bits per heavy atom. The van der Waals surface area contributed by atoms with E-state index in [4.69, 9.17) is 4.74 Å². The van der Waals surface area contributed by atoms with Gasteiger partial charge in [-0.1, -0.05) is 18.2 Å². The first-order valence-electron chi connectivity index (χ1n) is 8.13. The number of para-hydroxylation sites is 1. The van der Waals surface area contributed by atoms with Crippen molar-refractivity contribution in [1.82, 2.24) is 4.98 Å². The van der Waals surface area contributed by atoms with E-state index in [9.17, 15) is 14.5 Å². The molecule has 3 aromatic rings. The van der Waals surface area contributed by atoms with Crippen molar-refractivity contribution in [2.45, 2.75) is 24.9 Å². The second-order valence-corrected chi connectivity index (χ2v) is 6.68. The van der Waals surface area contributed by atoms with Gasteiger partial charge in [-0.3, -0.25) is 10.1 Å². The Bertz CT molecular complexity index is 968. The van der Waals surface area contributed by atoms with Crippen molar-refractivity contribution in [2.75, 3.05) is 6.54 Å². The summed E-state index contributed by atoms with van der Waals surface area (Å²) in [6, 6.07) is 12.0. The zero-order chi connectivity index (χ0) is 17.6. The molecule has 1 aliphatic heterocycles. The molecule has 1 N–H and O–H groups in total. The monoisotopic (exact) mass is 340 g/mol. The lowest BCUT2D eigenvalue weighted by Crippen LogP contribution is -2.37. The van der Waals surface area contributed by atoms with Crippen LogP contribution in [0.25, 0.3) is 10.9 Å². The fourth-order valence-electron chi connectivity index (χ4n) is 3.82. The molecule has 0 aliphatic carbocycles. The Hall–Kier alpha value is -2.89. The van der Waals surface area contributed by atoms with E-state index in [1.165, 1.54) is 12.1 Å². The Morgan fingerprint density at radius 2 is 2.16 bits per heavy atom. The number of ether oxygens (including phenoxy) is 1. The van der Waals surface area contributed by atoms with Crippen LogP contribution in [0.4, 0.5) is 4.39 Å². The summed E-state index contributed by atoms with van der Waals surface area (Å²) in [6.45, 7) is 1.79. The van der Waals surface area contributed by atoms with E-state index in [-0.39, 0.29) is 23.2 Å². The highest BCUT2D eigenvalue weighted by molar-refractivity contribution is 5.84. The van der Waals surface area contributed by atoms with Gasteiger partial charge in [-0.2, -0.15) is 0 Å². The largest absolute Gasteiger partial charge is 0.482 e. The van der Waals surface area contributed by atoms with Gasteiger partial charge in [0.25, 0.3) is 0 Å². The average Bonchev–Trinajstić information content (AvgIpc) is 2.98. The third kappa shape index (κ3) is 2.63. The summed E-state index contributed by atoms with van der Waals surface area (Å²) in [4.78, 5) is 13.9. The molecule has 0 saturated heterocycles. The van der Waals surface area contributed by atoms with Gasteiger partial charge >= 0.3 is 0 Å². The number of fused-ring (bicyclic) bond motifs is 2. The molecule has 2 atom stereocenters. The predicted octanol–water partition coefficient (Wildman–Crippen LogP) is 4.37. The number of aromatic nitrogens is 1. The minimum absolute atomic E-state index is 0.146. The zero-order valence-corrected chi connectivity index (χ0v) is 13.7. The molecule has 2 heterocycles. The van der Waals surface area contributed by atoms with Crippen molar-refractivity contribution in [3.05, 3.63) is 75.7 Å². The molecular formula is C19H17FN2O3. The Kier molecular flexibility index (Phi) is 3.49. The van der Waals surface area contributed by atoms with E-state index in [1.807, 2.05) is 31.2 Å². The summed E-state index contributed by atoms with van der Waals surface area (Å²) in [6.07, 6.45) is 2.29. The molecule has 0 bridgehead atoms. The van der Waals surface area contributed by atoms with Gasteiger partial charge in [0.05, 0.1) is 5.92 Å². The van der Waals surface area contributed by atoms with Crippen LogP contribution in [0.1, 0.15) is 30.4 Å². The first-order valence-corrected chi connectivity index (χ1v) is 8.13. The van der Waals surface area contributed by atoms with Gasteiger partial charge in [0.1, 0.15) is 17.2 Å². The number of hydrogen-bond donors (Lipinski definition) is 1. The van der Waals surface area contributed by atoms with E-state index < -0.39 is 5.60 Å². The van der Waals surface area contributed by atoms with Crippen molar-refractivity contribution in [3.8, 4) is 5.75 Å². The van der Waals surface area contributed by atoms with Crippen molar-refractivity contribution >= 4 is 10.9 Å². The first kappa shape index (κ1) is 15.6. The fraction of sp³-hybridized carbons (Fsp3) is 0.263. The molecule has 0 saturated carbocycles. The van der Waals surface area contributed by atoms with Crippen LogP contribution < -0.4 is 4.74 Å². The fourth-order valence-corrected chi connectivity index (χ4v) is 3.82. The van der Waals surface area contributed by atoms with E-state index in [0.29, 0.717) is 17.7 Å². The number of nitro groups is 1. The number of hydrogen-bond acceptors (Lipinski definition) is 3. The van der Waals surface area contributed by atoms with Crippen LogP contribution in [0, 0.1) is 15.9 Å². The number of nitrogens with one attached hydrogen (secondary N) is 1. The summed E-state index contributed by atoms with van der Waals surface area (Å²) in [5, 5.41) is 12.0. The van der Waals surface area contributed by atoms with Crippen molar-refractivity contribution in [3.63, 3.8) is 0 Å². The first-order chi connectivity index (χ1) is 12.0. The molecule has 2 aromatic carbocycles. The number of halogens is 1. The molecule has 128 valence electrons. The molecule has 5 nitrogen and oxygen atoms in total. The van der Waals surface area contributed by atoms with E-state index in [0.717, 1.165) is 16.5 Å². The number of rotatable bonds is 3. The Labute approximate surface area is 143 Å². The molecule has 0 radical (unpaired) electrons. The minimum Gasteiger partial charge on any atom is -0.482 e. The molecule has 1 aliphatic rings. The van der Waals surface area contributed by atoms with Gasteiger partial charge in [-0.25, -0.2) is 4.39 Å². The third-order valence-corrected chi connectivity index (χ3v) is 4.91. The summed E-state index contributed by atoms with van der Waals surface area (Å²) >= 11 is 0. The van der Waals surface area contributed by atoms with E-state index in [2.05, 4.69) is 4.98 Å². The van der Waals surface area contributed by atoms with Gasteiger partial charge in [0.2, 0.25) is 6.54 Å². The standard InChI is InChI=1S/C19H17FN2O3/c1-19(16-10-21-17-8-13(20)6-7-15(16)17)9-12(11-22(23)24)14-4-2-3-5-18(14)25-19/h2-8,10,12,21H,9,11H2,1H3/t12-,19-/m1/s1. The summed E-state index contributed by atoms with van der Waals surface area (Å²) in [7, 11) is 0. The predicted molar refractivity (Wildman–Crippen MR) is 91.9 cm³/mol. The summed E-state index contributed by atoms with van der Waals surface area (Å²) in [5.41, 5.74) is 1.70. The Balaban J connectivity index is 1.82. The lowest BCUT2D eigenvalue weighted by Gasteiger charge is -2.38. The average molecular weight is 340 g/mol. The summed E-state index contributed by atoms with van der Waals surface area (Å²) < 4.78 is 19.7. The van der Waals surface area contributed by atoms with Crippen molar-refractivity contribution in [1.29, 1.82) is 0 Å². The molecule has 0 unspecified atom stereocenters. The normalized spacial score (nSPS) is 22.4. The minimum atomic E-state index is -0.731. The highest BCUT2D eigenvalue weighted by atomic mass is 19.1. The maximum atomic E-state index is 13.5. The van der Waals surface area contributed by atoms with Crippen molar-refractivity contribution < 1.29 is 14.1 Å². The molecule has 4 rings (SSSR count). The number of benzene rings is 2. The van der Waals surface area contributed by atoms with Gasteiger partial charge in [-0.05, 0) is 31.2 Å².